The van der Waals surface area contributed by atoms with Gasteiger partial charge in [0.05, 0.1) is 15.4 Å². The average Bonchev–Trinajstić information content (AvgIpc) is 3.23. The lowest BCUT2D eigenvalue weighted by Gasteiger charge is -2.46. The highest BCUT2D eigenvalue weighted by Gasteiger charge is 2.37. The van der Waals surface area contributed by atoms with Gasteiger partial charge in [0.15, 0.2) is 0 Å². The Hall–Kier alpha value is -2.77. The largest absolute Gasteiger partial charge is 0.351 e. The second kappa shape index (κ2) is 9.61. The second-order valence-corrected chi connectivity index (χ2v) is 11.1. The number of hydrogen-bond acceptors (Lipinski definition) is 6. The molecule has 2 aromatic heterocycles. The second-order valence-electron chi connectivity index (χ2n) is 10.1. The van der Waals surface area contributed by atoms with E-state index in [0.29, 0.717) is 23.4 Å². The summed E-state index contributed by atoms with van der Waals surface area (Å²) in [5, 5.41) is 10.3. The summed E-state index contributed by atoms with van der Waals surface area (Å²) in [6, 6.07) is 16.2. The molecule has 1 saturated heterocycles. The zero-order chi connectivity index (χ0) is 23.5. The third-order valence-corrected chi connectivity index (χ3v) is 6.91. The van der Waals surface area contributed by atoms with E-state index < -0.39 is 0 Å². The number of nitrogens with one attached hydrogen (secondary N) is 3. The maximum Gasteiger partial charge on any atom is 0.261 e. The van der Waals surface area contributed by atoms with E-state index in [1.165, 1.54) is 16.9 Å². The molecule has 3 aromatic rings. The predicted molar refractivity (Wildman–Crippen MR) is 136 cm³/mol. The number of piperidine rings is 1. The van der Waals surface area contributed by atoms with Gasteiger partial charge in [-0.3, -0.25) is 4.79 Å². The van der Waals surface area contributed by atoms with E-state index in [9.17, 15) is 4.79 Å². The molecule has 0 bridgehead atoms. The number of carbonyl (C=O) groups excluding carboxylic acids is 1. The van der Waals surface area contributed by atoms with Crippen LogP contribution in [0.1, 0.15) is 55.8 Å². The molecular formula is C26H33N5OS. The number of thiophene rings is 1. The molecule has 3 heterocycles. The minimum Gasteiger partial charge on any atom is -0.351 e. The van der Waals surface area contributed by atoms with Gasteiger partial charge in [-0.1, -0.05) is 30.3 Å². The van der Waals surface area contributed by atoms with Gasteiger partial charge in [-0.15, -0.1) is 11.3 Å². The molecule has 0 saturated carbocycles. The predicted octanol–water partition coefficient (Wildman–Crippen LogP) is 4.90. The van der Waals surface area contributed by atoms with Gasteiger partial charge in [-0.2, -0.15) is 0 Å². The van der Waals surface area contributed by atoms with E-state index in [4.69, 9.17) is 4.98 Å². The van der Waals surface area contributed by atoms with Crippen LogP contribution in [-0.2, 0) is 6.42 Å². The summed E-state index contributed by atoms with van der Waals surface area (Å²) in [6.45, 7) is 9.55. The number of nitrogens with zero attached hydrogens (tertiary/aromatic N) is 2. The number of hydrogen-bond donors (Lipinski definition) is 3. The van der Waals surface area contributed by atoms with Crippen LogP contribution in [-0.4, -0.2) is 39.5 Å². The van der Waals surface area contributed by atoms with Crippen LogP contribution in [0.5, 0.6) is 0 Å². The zero-order valence-corrected chi connectivity index (χ0v) is 20.6. The number of amides is 1. The average molecular weight is 464 g/mol. The first-order valence-corrected chi connectivity index (χ1v) is 12.3. The van der Waals surface area contributed by atoms with E-state index in [0.717, 1.165) is 29.8 Å². The number of anilines is 1. The number of rotatable bonds is 7. The van der Waals surface area contributed by atoms with Crippen LogP contribution in [0, 0.1) is 0 Å². The Morgan fingerprint density at radius 1 is 1.06 bits per heavy atom. The van der Waals surface area contributed by atoms with Crippen LogP contribution >= 0.6 is 11.3 Å². The van der Waals surface area contributed by atoms with Crippen molar-refractivity contribution in [1.29, 1.82) is 0 Å². The summed E-state index contributed by atoms with van der Waals surface area (Å²) in [7, 11) is 0. The Morgan fingerprint density at radius 2 is 1.79 bits per heavy atom. The van der Waals surface area contributed by atoms with Crippen molar-refractivity contribution in [1.82, 2.24) is 20.6 Å². The molecule has 0 radical (unpaired) electrons. The topological polar surface area (TPSA) is 78.9 Å². The summed E-state index contributed by atoms with van der Waals surface area (Å²) in [5.41, 5.74) is 2.14. The summed E-state index contributed by atoms with van der Waals surface area (Å²) in [5.74, 6) is 0.585. The minimum absolute atomic E-state index is 0.0474. The first-order chi connectivity index (χ1) is 15.7. The molecule has 0 spiro atoms. The van der Waals surface area contributed by atoms with Gasteiger partial charge >= 0.3 is 0 Å². The SMILES string of the molecule is CC1(C)CC(Nc2nccc(-c3ccc(C(=O)NCCc4ccccc4)s3)n2)CC(C)(C)N1. The lowest BCUT2D eigenvalue weighted by molar-refractivity contribution is 0.0958. The van der Waals surface area contributed by atoms with E-state index in [2.05, 4.69) is 60.8 Å². The molecule has 174 valence electrons. The smallest absolute Gasteiger partial charge is 0.261 e. The van der Waals surface area contributed by atoms with Gasteiger partial charge in [-0.05, 0) is 70.7 Å². The van der Waals surface area contributed by atoms with E-state index in [1.54, 1.807) is 6.20 Å². The lowest BCUT2D eigenvalue weighted by Crippen LogP contribution is -2.60. The number of carbonyl (C=O) groups is 1. The first kappa shape index (κ1) is 23.4. The molecule has 4 rings (SSSR count). The van der Waals surface area contributed by atoms with Crippen LogP contribution < -0.4 is 16.0 Å². The Kier molecular flexibility index (Phi) is 6.81. The zero-order valence-electron chi connectivity index (χ0n) is 19.8. The van der Waals surface area contributed by atoms with E-state index in [-0.39, 0.29) is 17.0 Å². The number of benzene rings is 1. The Bertz CT molecular complexity index is 1080. The molecule has 3 N–H and O–H groups in total. The van der Waals surface area contributed by atoms with Crippen molar-refractivity contribution in [2.75, 3.05) is 11.9 Å². The Labute approximate surface area is 200 Å². The maximum atomic E-state index is 12.6. The quantitative estimate of drug-likeness (QED) is 0.465. The molecule has 0 unspecified atom stereocenters. The van der Waals surface area contributed by atoms with Gasteiger partial charge < -0.3 is 16.0 Å². The van der Waals surface area contributed by atoms with Gasteiger partial charge in [0.1, 0.15) is 0 Å². The van der Waals surface area contributed by atoms with Crippen molar-refractivity contribution in [3.8, 4) is 10.6 Å². The van der Waals surface area contributed by atoms with Crippen molar-refractivity contribution in [3.63, 3.8) is 0 Å². The standard InChI is InChI=1S/C26H33N5OS/c1-25(2)16-19(17-26(3,4)31-25)29-24-28-15-13-20(30-24)21-10-11-22(33-21)23(32)27-14-12-18-8-6-5-7-9-18/h5-11,13,15,19,31H,12,14,16-17H2,1-4H3,(H,27,32)(H,28,29,30). The molecule has 33 heavy (non-hydrogen) atoms. The monoisotopic (exact) mass is 463 g/mol. The molecule has 6 nitrogen and oxygen atoms in total. The highest BCUT2D eigenvalue weighted by Crippen LogP contribution is 2.31. The molecule has 0 atom stereocenters. The Balaban J connectivity index is 1.38. The highest BCUT2D eigenvalue weighted by molar-refractivity contribution is 7.17. The van der Waals surface area contributed by atoms with Crippen LogP contribution in [0.25, 0.3) is 10.6 Å². The van der Waals surface area contributed by atoms with Crippen molar-refractivity contribution in [2.45, 2.75) is 64.1 Å². The van der Waals surface area contributed by atoms with Gasteiger partial charge in [0.2, 0.25) is 5.95 Å². The fraction of sp³-hybridized carbons (Fsp3) is 0.423. The van der Waals surface area contributed by atoms with Crippen molar-refractivity contribution < 1.29 is 4.79 Å². The molecule has 1 aliphatic heterocycles. The summed E-state index contributed by atoms with van der Waals surface area (Å²) < 4.78 is 0. The van der Waals surface area contributed by atoms with Crippen molar-refractivity contribution >= 4 is 23.2 Å². The lowest BCUT2D eigenvalue weighted by atomic mass is 9.80. The summed E-state index contributed by atoms with van der Waals surface area (Å²) in [4.78, 5) is 23.4. The molecule has 7 heteroatoms. The van der Waals surface area contributed by atoms with Crippen molar-refractivity contribution in [3.05, 3.63) is 65.2 Å². The summed E-state index contributed by atoms with van der Waals surface area (Å²) in [6.07, 6.45) is 4.59. The van der Waals surface area contributed by atoms with Crippen LogP contribution in [0.4, 0.5) is 5.95 Å². The molecule has 1 aliphatic rings. The van der Waals surface area contributed by atoms with Crippen LogP contribution in [0.15, 0.2) is 54.7 Å². The Morgan fingerprint density at radius 3 is 2.52 bits per heavy atom. The van der Waals surface area contributed by atoms with Crippen molar-refractivity contribution in [2.24, 2.45) is 0 Å². The third-order valence-electron chi connectivity index (χ3n) is 5.80. The van der Waals surface area contributed by atoms with E-state index in [1.807, 2.05) is 36.4 Å². The maximum absolute atomic E-state index is 12.6. The van der Waals surface area contributed by atoms with Crippen LogP contribution in [0.3, 0.4) is 0 Å². The molecule has 0 aliphatic carbocycles. The van der Waals surface area contributed by atoms with E-state index >= 15 is 0 Å². The minimum atomic E-state index is -0.0474. The normalized spacial score (nSPS) is 17.5. The fourth-order valence-electron chi connectivity index (χ4n) is 4.82. The number of aromatic nitrogens is 2. The van der Waals surface area contributed by atoms with Gasteiger partial charge in [-0.25, -0.2) is 9.97 Å². The van der Waals surface area contributed by atoms with Gasteiger partial charge in [0, 0.05) is 29.9 Å². The van der Waals surface area contributed by atoms with Gasteiger partial charge in [0.25, 0.3) is 5.91 Å². The molecule has 1 aromatic carbocycles. The van der Waals surface area contributed by atoms with Crippen LogP contribution in [0.2, 0.25) is 0 Å². The molecule has 1 amide bonds. The first-order valence-electron chi connectivity index (χ1n) is 11.5. The third kappa shape index (κ3) is 6.39. The fourth-order valence-corrected chi connectivity index (χ4v) is 5.71. The molecule has 1 fully saturated rings. The molecular weight excluding hydrogens is 430 g/mol. The summed E-state index contributed by atoms with van der Waals surface area (Å²) >= 11 is 1.45. The highest BCUT2D eigenvalue weighted by atomic mass is 32.1.